The second-order valence-electron chi connectivity index (χ2n) is 7.19. The molecule has 0 unspecified atom stereocenters. The van der Waals surface area contributed by atoms with Gasteiger partial charge in [0.15, 0.2) is 0 Å². The molecule has 4 rings (SSSR count). The maximum absolute atomic E-state index is 5.49. The lowest BCUT2D eigenvalue weighted by Gasteiger charge is -2.08. The molecule has 0 amide bonds. The third kappa shape index (κ3) is 3.56. The maximum Gasteiger partial charge on any atom is 0.137 e. The highest BCUT2D eigenvalue weighted by molar-refractivity contribution is 5.77. The van der Waals surface area contributed by atoms with Crippen molar-refractivity contribution in [2.24, 2.45) is 5.92 Å². The molecule has 0 atom stereocenters. The molecule has 0 radical (unpaired) electrons. The molecule has 0 spiro atoms. The summed E-state index contributed by atoms with van der Waals surface area (Å²) < 4.78 is 7.57. The van der Waals surface area contributed by atoms with Crippen LogP contribution in [0.3, 0.4) is 0 Å². The van der Waals surface area contributed by atoms with Crippen LogP contribution in [-0.2, 0) is 13.0 Å². The zero-order valence-electron chi connectivity index (χ0n) is 15.8. The molecule has 1 aromatic carbocycles. The molecule has 0 aliphatic heterocycles. The van der Waals surface area contributed by atoms with Gasteiger partial charge < -0.3 is 14.1 Å². The van der Waals surface area contributed by atoms with E-state index in [-0.39, 0.29) is 0 Å². The molecule has 0 fully saturated rings. The molecule has 0 saturated heterocycles. The molecular formula is C21H23N5O. The second kappa shape index (κ2) is 7.23. The van der Waals surface area contributed by atoms with Gasteiger partial charge in [0.2, 0.25) is 0 Å². The van der Waals surface area contributed by atoms with E-state index in [4.69, 9.17) is 4.52 Å². The molecule has 6 nitrogen and oxygen atoms in total. The van der Waals surface area contributed by atoms with Gasteiger partial charge in [0, 0.05) is 23.7 Å². The van der Waals surface area contributed by atoms with Gasteiger partial charge in [0.25, 0.3) is 0 Å². The lowest BCUT2D eigenvalue weighted by Crippen LogP contribution is -2.02. The summed E-state index contributed by atoms with van der Waals surface area (Å²) in [5.74, 6) is 1.45. The molecule has 27 heavy (non-hydrogen) atoms. The van der Waals surface area contributed by atoms with Crippen LogP contribution in [0, 0.1) is 12.8 Å². The zero-order valence-corrected chi connectivity index (χ0v) is 15.8. The molecule has 3 heterocycles. The van der Waals surface area contributed by atoms with Gasteiger partial charge in [-0.1, -0.05) is 49.3 Å². The van der Waals surface area contributed by atoms with E-state index in [1.165, 1.54) is 0 Å². The van der Waals surface area contributed by atoms with E-state index in [1.54, 1.807) is 6.33 Å². The number of nitrogens with zero attached hydrogens (tertiary/aromatic N) is 4. The Morgan fingerprint density at radius 1 is 1.11 bits per heavy atom. The molecule has 0 aliphatic rings. The third-order valence-corrected chi connectivity index (χ3v) is 4.49. The Kier molecular flexibility index (Phi) is 4.62. The van der Waals surface area contributed by atoms with Crippen molar-refractivity contribution < 1.29 is 4.52 Å². The van der Waals surface area contributed by atoms with Crippen molar-refractivity contribution in [3.8, 4) is 22.6 Å². The predicted octanol–water partition coefficient (Wildman–Crippen LogP) is 4.48. The Labute approximate surface area is 158 Å². The Hall–Kier alpha value is -3.15. The van der Waals surface area contributed by atoms with E-state index in [0.29, 0.717) is 12.5 Å². The Bertz CT molecular complexity index is 1030. The summed E-state index contributed by atoms with van der Waals surface area (Å²) in [6.07, 6.45) is 4.45. The molecule has 0 saturated carbocycles. The van der Waals surface area contributed by atoms with Gasteiger partial charge >= 0.3 is 0 Å². The van der Waals surface area contributed by atoms with Crippen LogP contribution < -0.4 is 0 Å². The number of aryl methyl sites for hydroxylation is 1. The van der Waals surface area contributed by atoms with Crippen LogP contribution in [0.15, 0.2) is 53.6 Å². The van der Waals surface area contributed by atoms with Crippen LogP contribution in [0.1, 0.15) is 31.0 Å². The highest BCUT2D eigenvalue weighted by Crippen LogP contribution is 2.32. The van der Waals surface area contributed by atoms with Crippen LogP contribution >= 0.6 is 0 Å². The van der Waals surface area contributed by atoms with Crippen molar-refractivity contribution in [1.29, 1.82) is 0 Å². The van der Waals surface area contributed by atoms with Crippen LogP contribution in [0.25, 0.3) is 22.6 Å². The van der Waals surface area contributed by atoms with Crippen molar-refractivity contribution in [1.82, 2.24) is 24.7 Å². The molecule has 6 heteroatoms. The Morgan fingerprint density at radius 2 is 1.93 bits per heavy atom. The molecule has 138 valence electrons. The molecule has 4 aromatic rings. The fraction of sp³-hybridized carbons (Fsp3) is 0.286. The van der Waals surface area contributed by atoms with Crippen LogP contribution in [0.4, 0.5) is 0 Å². The number of rotatable bonds is 6. The van der Waals surface area contributed by atoms with Gasteiger partial charge in [-0.15, -0.1) is 0 Å². The highest BCUT2D eigenvalue weighted by Gasteiger charge is 2.19. The fourth-order valence-electron chi connectivity index (χ4n) is 3.26. The lowest BCUT2D eigenvalue weighted by atomic mass is 10.1. The monoisotopic (exact) mass is 361 g/mol. The summed E-state index contributed by atoms with van der Waals surface area (Å²) in [6, 6.07) is 12.2. The number of aromatic amines is 1. The SMILES string of the molecule is Cc1[nH]cnc1-c1c(-c2ccccc2)ncn1Cc1cc(CC(C)C)on1. The van der Waals surface area contributed by atoms with Gasteiger partial charge in [0.05, 0.1) is 30.6 Å². The zero-order chi connectivity index (χ0) is 18.8. The average molecular weight is 361 g/mol. The average Bonchev–Trinajstić information content (AvgIpc) is 3.36. The van der Waals surface area contributed by atoms with Gasteiger partial charge in [-0.3, -0.25) is 0 Å². The largest absolute Gasteiger partial charge is 0.361 e. The van der Waals surface area contributed by atoms with Crippen molar-refractivity contribution in [2.75, 3.05) is 0 Å². The standard InChI is InChI=1S/C21H23N5O/c1-14(2)9-18-10-17(25-27-18)11-26-13-24-20(16-7-5-4-6-8-16)21(26)19-15(3)22-12-23-19/h4-8,10,12-14H,9,11H2,1-3H3,(H,22,23). The first-order valence-electron chi connectivity index (χ1n) is 9.17. The summed E-state index contributed by atoms with van der Waals surface area (Å²) in [5, 5.41) is 4.24. The van der Waals surface area contributed by atoms with Crippen LogP contribution in [0.2, 0.25) is 0 Å². The minimum atomic E-state index is 0.533. The number of hydrogen-bond donors (Lipinski definition) is 1. The fourth-order valence-corrected chi connectivity index (χ4v) is 3.26. The lowest BCUT2D eigenvalue weighted by molar-refractivity contribution is 0.362. The van der Waals surface area contributed by atoms with E-state index in [9.17, 15) is 0 Å². The maximum atomic E-state index is 5.49. The van der Waals surface area contributed by atoms with Gasteiger partial charge in [-0.2, -0.15) is 0 Å². The predicted molar refractivity (Wildman–Crippen MR) is 104 cm³/mol. The first-order chi connectivity index (χ1) is 13.1. The topological polar surface area (TPSA) is 72.5 Å². The highest BCUT2D eigenvalue weighted by atomic mass is 16.5. The summed E-state index contributed by atoms with van der Waals surface area (Å²) in [7, 11) is 0. The number of nitrogens with one attached hydrogen (secondary N) is 1. The van der Waals surface area contributed by atoms with Crippen LogP contribution in [0.5, 0.6) is 0 Å². The molecular weight excluding hydrogens is 338 g/mol. The molecule has 0 aliphatic carbocycles. The molecule has 3 aromatic heterocycles. The summed E-state index contributed by atoms with van der Waals surface area (Å²) in [5.41, 5.74) is 5.75. The van der Waals surface area contributed by atoms with Crippen molar-refractivity contribution in [3.05, 3.63) is 66.2 Å². The number of benzene rings is 1. The smallest absolute Gasteiger partial charge is 0.137 e. The van der Waals surface area contributed by atoms with Crippen molar-refractivity contribution >= 4 is 0 Å². The van der Waals surface area contributed by atoms with Crippen LogP contribution in [-0.4, -0.2) is 24.7 Å². The van der Waals surface area contributed by atoms with Crippen molar-refractivity contribution in [2.45, 2.75) is 33.7 Å². The summed E-state index contributed by atoms with van der Waals surface area (Å²) in [4.78, 5) is 12.4. The van der Waals surface area contributed by atoms with Gasteiger partial charge in [-0.25, -0.2) is 9.97 Å². The quantitative estimate of drug-likeness (QED) is 0.549. The Morgan fingerprint density at radius 3 is 2.63 bits per heavy atom. The van der Waals surface area contributed by atoms with E-state index in [2.05, 4.69) is 50.7 Å². The van der Waals surface area contributed by atoms with Gasteiger partial charge in [-0.05, 0) is 12.8 Å². The Balaban J connectivity index is 1.74. The van der Waals surface area contributed by atoms with E-state index in [1.807, 2.05) is 37.5 Å². The summed E-state index contributed by atoms with van der Waals surface area (Å²) >= 11 is 0. The number of imidazole rings is 2. The second-order valence-corrected chi connectivity index (χ2v) is 7.19. The van der Waals surface area contributed by atoms with Gasteiger partial charge in [0.1, 0.15) is 17.1 Å². The first-order valence-corrected chi connectivity index (χ1v) is 9.17. The normalized spacial score (nSPS) is 11.4. The third-order valence-electron chi connectivity index (χ3n) is 4.49. The summed E-state index contributed by atoms with van der Waals surface area (Å²) in [6.45, 7) is 6.94. The van der Waals surface area contributed by atoms with E-state index >= 15 is 0 Å². The van der Waals surface area contributed by atoms with E-state index < -0.39 is 0 Å². The number of H-pyrrole nitrogens is 1. The molecule has 0 bridgehead atoms. The number of aromatic nitrogens is 5. The van der Waals surface area contributed by atoms with E-state index in [0.717, 1.165) is 46.2 Å². The van der Waals surface area contributed by atoms with Crippen molar-refractivity contribution in [3.63, 3.8) is 0 Å². The first kappa shape index (κ1) is 17.3. The molecule has 1 N–H and O–H groups in total. The number of hydrogen-bond acceptors (Lipinski definition) is 4. The minimum Gasteiger partial charge on any atom is -0.361 e. The minimum absolute atomic E-state index is 0.533.